The molecule has 0 radical (unpaired) electrons. The van der Waals surface area contributed by atoms with E-state index in [1.165, 1.54) is 12.1 Å². The van der Waals surface area contributed by atoms with Crippen LogP contribution in [0.15, 0.2) is 36.4 Å². The summed E-state index contributed by atoms with van der Waals surface area (Å²) in [5, 5.41) is 4.47. The number of carbonyl (C=O) groups is 1. The van der Waals surface area contributed by atoms with Crippen LogP contribution in [0.2, 0.25) is 15.1 Å². The zero-order valence-corrected chi connectivity index (χ0v) is 13.9. The molecule has 0 saturated heterocycles. The number of benzene rings is 2. The van der Waals surface area contributed by atoms with Crippen LogP contribution in [-0.2, 0) is 5.33 Å². The molecule has 0 aliphatic rings. The smallest absolute Gasteiger partial charge is 0.255 e. The predicted octanol–water partition coefficient (Wildman–Crippen LogP) is 5.79. The van der Waals surface area contributed by atoms with E-state index in [0.717, 1.165) is 10.9 Å². The Morgan fingerprint density at radius 1 is 1.00 bits per heavy atom. The molecule has 2 aromatic carbocycles. The van der Waals surface area contributed by atoms with Gasteiger partial charge in [-0.1, -0.05) is 62.9 Å². The summed E-state index contributed by atoms with van der Waals surface area (Å²) in [5.41, 5.74) is 2.06. The molecule has 0 aliphatic carbocycles. The summed E-state index contributed by atoms with van der Waals surface area (Å²) in [6.07, 6.45) is 0. The molecule has 1 N–H and O–H groups in total. The van der Waals surface area contributed by atoms with E-state index >= 15 is 0 Å². The molecule has 0 fully saturated rings. The average molecular weight is 393 g/mol. The van der Waals surface area contributed by atoms with Crippen molar-refractivity contribution in [2.45, 2.75) is 5.33 Å². The van der Waals surface area contributed by atoms with Gasteiger partial charge in [0.1, 0.15) is 0 Å². The fourth-order valence-electron chi connectivity index (χ4n) is 1.56. The first-order valence-electron chi connectivity index (χ1n) is 5.62. The minimum Gasteiger partial charge on any atom is -0.321 e. The van der Waals surface area contributed by atoms with Crippen molar-refractivity contribution >= 4 is 62.3 Å². The number of rotatable bonds is 3. The van der Waals surface area contributed by atoms with E-state index in [0.29, 0.717) is 26.3 Å². The number of anilines is 1. The van der Waals surface area contributed by atoms with Crippen molar-refractivity contribution in [1.82, 2.24) is 0 Å². The highest BCUT2D eigenvalue weighted by molar-refractivity contribution is 9.08. The highest BCUT2D eigenvalue weighted by Crippen LogP contribution is 2.32. The van der Waals surface area contributed by atoms with Gasteiger partial charge in [0.25, 0.3) is 5.91 Å². The van der Waals surface area contributed by atoms with Crippen LogP contribution in [0.3, 0.4) is 0 Å². The third-order valence-electron chi connectivity index (χ3n) is 2.63. The highest BCUT2D eigenvalue weighted by atomic mass is 79.9. The number of alkyl halides is 1. The van der Waals surface area contributed by atoms with Gasteiger partial charge in [-0.15, -0.1) is 0 Å². The lowest BCUT2D eigenvalue weighted by Gasteiger charge is -2.09. The standard InChI is InChI=1S/C14H9BrCl3NO/c15-7-8-1-3-9(4-2-8)14(20)19-13-6-11(17)10(16)5-12(13)18/h1-6H,7H2,(H,19,20). The van der Waals surface area contributed by atoms with Crippen LogP contribution in [0.1, 0.15) is 15.9 Å². The number of carbonyl (C=O) groups excluding carboxylic acids is 1. The summed E-state index contributed by atoms with van der Waals surface area (Å²) in [6, 6.07) is 10.3. The van der Waals surface area contributed by atoms with Gasteiger partial charge in [-0.3, -0.25) is 4.79 Å². The molecule has 0 aromatic heterocycles. The molecule has 20 heavy (non-hydrogen) atoms. The predicted molar refractivity (Wildman–Crippen MR) is 88.5 cm³/mol. The van der Waals surface area contributed by atoms with E-state index in [1.807, 2.05) is 12.1 Å². The van der Waals surface area contributed by atoms with Crippen LogP contribution >= 0.6 is 50.7 Å². The van der Waals surface area contributed by atoms with Crippen molar-refractivity contribution in [2.24, 2.45) is 0 Å². The molecule has 0 spiro atoms. The quantitative estimate of drug-likeness (QED) is 0.519. The van der Waals surface area contributed by atoms with Gasteiger partial charge >= 0.3 is 0 Å². The van der Waals surface area contributed by atoms with Crippen LogP contribution in [0.5, 0.6) is 0 Å². The average Bonchev–Trinajstić information content (AvgIpc) is 2.44. The highest BCUT2D eigenvalue weighted by Gasteiger charge is 2.11. The molecule has 2 aromatic rings. The van der Waals surface area contributed by atoms with E-state index in [4.69, 9.17) is 34.8 Å². The maximum absolute atomic E-state index is 12.1. The topological polar surface area (TPSA) is 29.1 Å². The molecule has 0 saturated carbocycles. The third-order valence-corrected chi connectivity index (χ3v) is 4.31. The Labute approximate surface area is 140 Å². The normalized spacial score (nSPS) is 10.4. The lowest BCUT2D eigenvalue weighted by Crippen LogP contribution is -2.12. The fourth-order valence-corrected chi connectivity index (χ4v) is 2.53. The molecule has 104 valence electrons. The van der Waals surface area contributed by atoms with Crippen molar-refractivity contribution in [3.8, 4) is 0 Å². The Hall–Kier alpha value is -0.740. The SMILES string of the molecule is O=C(Nc1cc(Cl)c(Cl)cc1Cl)c1ccc(CBr)cc1. The second kappa shape index (κ2) is 6.81. The first-order valence-corrected chi connectivity index (χ1v) is 7.87. The first-order chi connectivity index (χ1) is 9.51. The number of amides is 1. The lowest BCUT2D eigenvalue weighted by molar-refractivity contribution is 0.102. The van der Waals surface area contributed by atoms with E-state index < -0.39 is 0 Å². The van der Waals surface area contributed by atoms with Crippen LogP contribution in [-0.4, -0.2) is 5.91 Å². The molecular formula is C14H9BrCl3NO. The molecule has 1 amide bonds. The van der Waals surface area contributed by atoms with Gasteiger partial charge in [0, 0.05) is 10.9 Å². The van der Waals surface area contributed by atoms with E-state index in [1.54, 1.807) is 12.1 Å². The van der Waals surface area contributed by atoms with Crippen molar-refractivity contribution in [3.05, 3.63) is 62.6 Å². The zero-order chi connectivity index (χ0) is 14.7. The molecule has 2 nitrogen and oxygen atoms in total. The third kappa shape index (κ3) is 3.67. The van der Waals surface area contributed by atoms with Gasteiger partial charge in [0.15, 0.2) is 0 Å². The molecule has 2 rings (SSSR count). The first kappa shape index (κ1) is 15.6. The second-order valence-corrected chi connectivity index (χ2v) is 5.81. The largest absolute Gasteiger partial charge is 0.321 e. The Morgan fingerprint density at radius 2 is 1.60 bits per heavy atom. The van der Waals surface area contributed by atoms with Gasteiger partial charge < -0.3 is 5.32 Å². The monoisotopic (exact) mass is 391 g/mol. The summed E-state index contributed by atoms with van der Waals surface area (Å²) in [6.45, 7) is 0. The van der Waals surface area contributed by atoms with Crippen molar-refractivity contribution in [3.63, 3.8) is 0 Å². The number of halogens is 4. The summed E-state index contributed by atoms with van der Waals surface area (Å²) in [7, 11) is 0. The Morgan fingerprint density at radius 3 is 2.20 bits per heavy atom. The van der Waals surface area contributed by atoms with Gasteiger partial charge in [-0.25, -0.2) is 0 Å². The van der Waals surface area contributed by atoms with Gasteiger partial charge in [-0.05, 0) is 29.8 Å². The molecule has 0 atom stereocenters. The van der Waals surface area contributed by atoms with Crippen molar-refractivity contribution in [1.29, 1.82) is 0 Å². The summed E-state index contributed by atoms with van der Waals surface area (Å²) in [5.74, 6) is -0.258. The Balaban J connectivity index is 2.20. The fraction of sp³-hybridized carbons (Fsp3) is 0.0714. The number of hydrogen-bond donors (Lipinski definition) is 1. The minimum atomic E-state index is -0.258. The molecule has 0 bridgehead atoms. The van der Waals surface area contributed by atoms with Crippen LogP contribution in [0.4, 0.5) is 5.69 Å². The molecule has 0 aliphatic heterocycles. The summed E-state index contributed by atoms with van der Waals surface area (Å²) < 4.78 is 0. The molecule has 6 heteroatoms. The van der Waals surface area contributed by atoms with E-state index in [9.17, 15) is 4.79 Å². The van der Waals surface area contributed by atoms with Crippen LogP contribution < -0.4 is 5.32 Å². The maximum Gasteiger partial charge on any atom is 0.255 e. The summed E-state index contributed by atoms with van der Waals surface area (Å²) >= 11 is 21.1. The number of nitrogens with one attached hydrogen (secondary N) is 1. The van der Waals surface area contributed by atoms with Gasteiger partial charge in [-0.2, -0.15) is 0 Å². The van der Waals surface area contributed by atoms with Gasteiger partial charge in [0.2, 0.25) is 0 Å². The van der Waals surface area contributed by atoms with Crippen molar-refractivity contribution in [2.75, 3.05) is 5.32 Å². The van der Waals surface area contributed by atoms with Gasteiger partial charge in [0.05, 0.1) is 20.8 Å². The van der Waals surface area contributed by atoms with Crippen LogP contribution in [0, 0.1) is 0 Å². The number of hydrogen-bond acceptors (Lipinski definition) is 1. The van der Waals surface area contributed by atoms with E-state index in [2.05, 4.69) is 21.2 Å². The Bertz CT molecular complexity index is 644. The zero-order valence-electron chi connectivity index (χ0n) is 10.1. The maximum atomic E-state index is 12.1. The molecule has 0 heterocycles. The molecule has 0 unspecified atom stereocenters. The van der Waals surface area contributed by atoms with Crippen molar-refractivity contribution < 1.29 is 4.79 Å². The molecular weight excluding hydrogens is 384 g/mol. The second-order valence-electron chi connectivity index (χ2n) is 4.03. The minimum absolute atomic E-state index is 0.258. The van der Waals surface area contributed by atoms with E-state index in [-0.39, 0.29) is 5.91 Å². The Kier molecular flexibility index (Phi) is 5.33. The summed E-state index contributed by atoms with van der Waals surface area (Å²) in [4.78, 5) is 12.1. The van der Waals surface area contributed by atoms with Crippen LogP contribution in [0.25, 0.3) is 0 Å². The lowest BCUT2D eigenvalue weighted by atomic mass is 10.1.